The van der Waals surface area contributed by atoms with Crippen LogP contribution in [0.5, 0.6) is 5.75 Å². The molecule has 16 N–H and O–H groups in total. The number of hydrogen-bond donors (Lipinski definition) is 16. The first-order chi connectivity index (χ1) is 61.3. The van der Waals surface area contributed by atoms with Crippen LogP contribution in [-0.2, 0) is 61.9 Å². The fourth-order valence-corrected chi connectivity index (χ4v) is 13.2. The summed E-state index contributed by atoms with van der Waals surface area (Å²) >= 11 is 0. The minimum atomic E-state index is -0.302. The van der Waals surface area contributed by atoms with Crippen molar-refractivity contribution in [2.24, 2.45) is 7.05 Å². The zero-order valence-corrected chi connectivity index (χ0v) is 68.0. The van der Waals surface area contributed by atoms with Gasteiger partial charge in [-0.05, 0) is 158 Å². The summed E-state index contributed by atoms with van der Waals surface area (Å²) < 4.78 is 19.6. The third-order valence-electron chi connectivity index (χ3n) is 19.1. The van der Waals surface area contributed by atoms with Crippen molar-refractivity contribution in [2.75, 3.05) is 97.3 Å². The number of anilines is 20. The van der Waals surface area contributed by atoms with Crippen molar-refractivity contribution in [1.29, 1.82) is 0 Å². The Morgan fingerprint density at radius 1 is 0.413 bits per heavy atom. The van der Waals surface area contributed by atoms with Gasteiger partial charge in [0, 0.05) is 103 Å². The van der Waals surface area contributed by atoms with Crippen molar-refractivity contribution in [2.45, 2.75) is 45.1 Å². The van der Waals surface area contributed by atoms with Crippen LogP contribution in [0.4, 0.5) is 115 Å². The summed E-state index contributed by atoms with van der Waals surface area (Å²) in [5, 5.41) is 56.0. The van der Waals surface area contributed by atoms with Crippen molar-refractivity contribution in [3.8, 4) is 5.75 Å². The first kappa shape index (κ1) is 85.4. The lowest BCUT2D eigenvalue weighted by Crippen LogP contribution is -2.19. The molecule has 11 heterocycles. The standard InChI is InChI=1S/C25H25N5O4.C23H24N8O3.C21H18N6O2.C19H18N8O2/c1-3-22(31)28-19-6-4-5-18(14-19)27-21-13-16-15-26-25(32)23(16)24(30-21)29-17-7-9-20(10-8-17)34-12-11-33-2;1-2-19(32)26-14-4-3-5-15(10-14)28-23-29-18-12-24-22(33)20(18)21(30-23)27-16-11-25-31(13-16)17-6-8-34-9-7-17;1-2-17(28)23-14-9-6-10-15(11-14)25-21-26-16-12-22-20(29)18(16)19(27-21)24-13-7-4-3-5-8-13;1-3-15(28)22-11-5-4-6-12(7-11)24-19-25-14-9-20-18(29)16(14)17(26-19)23-13-8-21-27(2)10-13/h3-10,13-14H,1,11-12,15H2,2H3,(H,26,32)(H,28,31)(H2,27,29,30);2-5,10-11,13,17H,1,6-9,12H2,(H,24,33)(H,26,32)(H2,27,28,29,30);2-11H,1,12H2,(H,22,29)(H,23,28)(H2,24,25,26,27);3-8,10H,1,9H2,2H3,(H,20,29)(H,22,28)(H2,23,24,25,26). The molecule has 6 aromatic heterocycles. The van der Waals surface area contributed by atoms with E-state index in [9.17, 15) is 38.4 Å². The van der Waals surface area contributed by atoms with Gasteiger partial charge in [-0.2, -0.15) is 25.1 Å². The monoisotopic (exact) mass is 1700 g/mol. The van der Waals surface area contributed by atoms with Gasteiger partial charge < -0.3 is 99.3 Å². The fourth-order valence-electron chi connectivity index (χ4n) is 13.2. The van der Waals surface area contributed by atoms with E-state index in [4.69, 9.17) is 14.2 Å². The van der Waals surface area contributed by atoms with Crippen LogP contribution in [-0.4, -0.2) is 135 Å². The van der Waals surface area contributed by atoms with Gasteiger partial charge in [-0.3, -0.25) is 47.7 Å². The van der Waals surface area contributed by atoms with Gasteiger partial charge in [0.2, 0.25) is 41.5 Å². The summed E-state index contributed by atoms with van der Waals surface area (Å²) in [6.07, 6.45) is 13.7. The maximum Gasteiger partial charge on any atom is 0.257 e. The molecule has 8 amide bonds. The number of hydrogen-bond acceptors (Lipinski definition) is 28. The van der Waals surface area contributed by atoms with Gasteiger partial charge in [0.25, 0.3) is 23.6 Å². The van der Waals surface area contributed by atoms with Gasteiger partial charge in [-0.1, -0.05) is 68.8 Å². The van der Waals surface area contributed by atoms with Gasteiger partial charge in [0.15, 0.2) is 0 Å². The minimum absolute atomic E-state index is 0.176. The number of nitrogens with one attached hydrogen (secondary N) is 16. The average Bonchev–Trinajstić information content (AvgIpc) is 1.64. The van der Waals surface area contributed by atoms with Crippen molar-refractivity contribution < 1.29 is 52.6 Å². The third-order valence-corrected chi connectivity index (χ3v) is 19.1. The SMILES string of the molecule is C=CC(=O)Nc1cccc(Nc2cc3c(c(Nc4ccc(OCCOC)cc4)n2)C(=O)NC3)c1.C=CC(=O)Nc1cccc(Nc2nc3c(c(Nc4ccccc4)n2)C(=O)NC3)c1.C=CC(=O)Nc1cccc(Nc2nc3c(c(Nc4cnn(C)c4)n2)C(=O)NC3)c1.C=CC(=O)Nc1cccc(Nc2nc3c(c(Nc4cnn(C5CCOCC5)c4)n2)C(=O)NC3)c1. The molecule has 12 aromatic rings. The Hall–Kier alpha value is -17.0. The summed E-state index contributed by atoms with van der Waals surface area (Å²) in [6.45, 7) is 17.6. The second kappa shape index (κ2) is 40.4. The normalized spacial score (nSPS) is 12.9. The summed E-state index contributed by atoms with van der Waals surface area (Å²) in [6, 6.07) is 47.6. The van der Waals surface area contributed by atoms with E-state index in [0.717, 1.165) is 60.1 Å². The number of methoxy groups -OCH3 is 1. The highest BCUT2D eigenvalue weighted by Gasteiger charge is 2.32. The molecule has 0 aliphatic carbocycles. The van der Waals surface area contributed by atoms with E-state index in [-0.39, 0.29) is 53.3 Å². The van der Waals surface area contributed by atoms with Crippen LogP contribution >= 0.6 is 0 Å². The number of rotatable bonds is 29. The second-order valence-corrected chi connectivity index (χ2v) is 28.1. The van der Waals surface area contributed by atoms with Crippen molar-refractivity contribution >= 4 is 162 Å². The van der Waals surface area contributed by atoms with E-state index in [1.165, 1.54) is 24.3 Å². The smallest absolute Gasteiger partial charge is 0.257 e. The van der Waals surface area contributed by atoms with Crippen molar-refractivity contribution in [3.63, 3.8) is 0 Å². The minimum Gasteiger partial charge on any atom is -0.491 e. The predicted molar refractivity (Wildman–Crippen MR) is 477 cm³/mol. The van der Waals surface area contributed by atoms with Crippen LogP contribution in [0.25, 0.3) is 0 Å². The lowest BCUT2D eigenvalue weighted by atomic mass is 10.1. The average molecular weight is 1700 g/mol. The molecule has 0 atom stereocenters. The lowest BCUT2D eigenvalue weighted by Gasteiger charge is -2.22. The zero-order valence-electron chi connectivity index (χ0n) is 68.0. The van der Waals surface area contributed by atoms with E-state index in [0.29, 0.717) is 171 Å². The molecule has 17 rings (SSSR count). The molecule has 5 aliphatic rings. The quantitative estimate of drug-likeness (QED) is 0.0153. The van der Waals surface area contributed by atoms with Crippen LogP contribution in [0.3, 0.4) is 0 Å². The number of fused-ring (bicyclic) bond motifs is 4. The zero-order chi connectivity index (χ0) is 88.0. The maximum absolute atomic E-state index is 12.4. The van der Waals surface area contributed by atoms with Crippen LogP contribution < -0.4 is 89.8 Å². The number of carbonyl (C=O) groups is 8. The fraction of sp³-hybridized carbons (Fsp3) is 0.148. The second-order valence-electron chi connectivity index (χ2n) is 28.1. The summed E-state index contributed by atoms with van der Waals surface area (Å²) in [7, 11) is 3.42. The summed E-state index contributed by atoms with van der Waals surface area (Å²) in [5.74, 6) is 1.87. The largest absolute Gasteiger partial charge is 0.491 e. The molecule has 6 aromatic carbocycles. The topological polar surface area (TPSA) is 483 Å². The predicted octanol–water partition coefficient (Wildman–Crippen LogP) is 12.2. The Morgan fingerprint density at radius 3 is 1.22 bits per heavy atom. The van der Waals surface area contributed by atoms with E-state index in [1.807, 2.05) is 102 Å². The van der Waals surface area contributed by atoms with Gasteiger partial charge in [-0.25, -0.2) is 19.9 Å². The first-order valence-electron chi connectivity index (χ1n) is 39.4. The number of amides is 8. The van der Waals surface area contributed by atoms with E-state index in [2.05, 4.69) is 156 Å². The van der Waals surface area contributed by atoms with E-state index >= 15 is 0 Å². The Labute approximate surface area is 720 Å². The molecule has 1 fully saturated rings. The molecule has 1 saturated heterocycles. The number of benzene rings is 6. The first-order valence-corrected chi connectivity index (χ1v) is 39.4. The Bertz CT molecular complexity index is 6150. The molecular formula is C88H85N27O11. The number of nitrogens with zero attached hydrogens (tertiary/aromatic N) is 11. The van der Waals surface area contributed by atoms with E-state index < -0.39 is 0 Å². The number of pyridine rings is 1. The van der Waals surface area contributed by atoms with Crippen molar-refractivity contribution in [1.82, 2.24) is 75.7 Å². The number of ether oxygens (including phenoxy) is 3. The molecule has 0 saturated carbocycles. The molecule has 38 heteroatoms. The van der Waals surface area contributed by atoms with E-state index in [1.54, 1.807) is 104 Å². The highest BCUT2D eigenvalue weighted by molar-refractivity contribution is 6.07. The number of para-hydroxylation sites is 1. The van der Waals surface area contributed by atoms with Crippen molar-refractivity contribution in [3.05, 3.63) is 278 Å². The number of carbonyl (C=O) groups excluding carboxylic acids is 8. The highest BCUT2D eigenvalue weighted by atomic mass is 16.5. The molecule has 0 bridgehead atoms. The molecular weight excluding hydrogens is 1610 g/mol. The Morgan fingerprint density at radius 2 is 0.794 bits per heavy atom. The van der Waals surface area contributed by atoms with Gasteiger partial charge in [0.05, 0.1) is 78.7 Å². The molecule has 0 radical (unpaired) electrons. The number of aryl methyl sites for hydroxylation is 1. The highest BCUT2D eigenvalue weighted by Crippen LogP contribution is 2.35. The van der Waals surface area contributed by atoms with Gasteiger partial charge in [0.1, 0.15) is 58.1 Å². The summed E-state index contributed by atoms with van der Waals surface area (Å²) in [5.41, 5.74) is 12.6. The lowest BCUT2D eigenvalue weighted by molar-refractivity contribution is -0.112. The van der Waals surface area contributed by atoms with Crippen LogP contribution in [0.1, 0.15) is 83.0 Å². The van der Waals surface area contributed by atoms with Crippen LogP contribution in [0.15, 0.2) is 233 Å². The molecule has 638 valence electrons. The van der Waals surface area contributed by atoms with Crippen LogP contribution in [0.2, 0.25) is 0 Å². The third kappa shape index (κ3) is 22.3. The number of aromatic nitrogens is 11. The van der Waals surface area contributed by atoms with Gasteiger partial charge >= 0.3 is 0 Å². The molecule has 126 heavy (non-hydrogen) atoms. The van der Waals surface area contributed by atoms with Gasteiger partial charge in [-0.15, -0.1) is 0 Å². The Kier molecular flexibility index (Phi) is 27.3. The Balaban J connectivity index is 0.000000137. The molecule has 0 spiro atoms. The van der Waals surface area contributed by atoms with Crippen LogP contribution in [0, 0.1) is 0 Å². The maximum atomic E-state index is 12.4. The molecule has 38 nitrogen and oxygen atoms in total. The summed E-state index contributed by atoms with van der Waals surface area (Å²) in [4.78, 5) is 127. The molecule has 5 aliphatic heterocycles. The molecule has 0 unspecified atom stereocenters.